The minimum absolute atomic E-state index is 0.0505. The van der Waals surface area contributed by atoms with Crippen molar-refractivity contribution >= 4 is 88.4 Å². The molecule has 8 heteroatoms. The first-order chi connectivity index (χ1) is 17.4. The van der Waals surface area contributed by atoms with Crippen LogP contribution in [0.5, 0.6) is 0 Å². The van der Waals surface area contributed by atoms with Crippen LogP contribution in [0.3, 0.4) is 0 Å². The summed E-state index contributed by atoms with van der Waals surface area (Å²) in [6.07, 6.45) is 0. The summed E-state index contributed by atoms with van der Waals surface area (Å²) in [6.45, 7) is 0. The van der Waals surface area contributed by atoms with Crippen molar-refractivity contribution in [3.05, 3.63) is 112 Å². The Hall–Kier alpha value is -4.26. The van der Waals surface area contributed by atoms with E-state index in [-0.39, 0.29) is 86.1 Å². The number of halogens is 2. The highest BCUT2D eigenvalue weighted by atomic mass is 35.5. The minimum Gasteiger partial charge on any atom is -0.289 e. The summed E-state index contributed by atoms with van der Waals surface area (Å²) in [7, 11) is 0. The molecule has 0 saturated heterocycles. The third kappa shape index (κ3) is 2.57. The molecule has 1 heterocycles. The van der Waals surface area contributed by atoms with Gasteiger partial charge in [0.05, 0.1) is 42.6 Å². The Morgan fingerprint density at radius 3 is 1.11 bits per heavy atom. The fraction of sp³-hybridized carbons (Fsp3) is 0. The quantitative estimate of drug-likeness (QED) is 0.211. The van der Waals surface area contributed by atoms with Crippen molar-refractivity contribution < 1.29 is 0 Å². The maximum Gasteiger partial charge on any atom is 0.196 e. The van der Waals surface area contributed by atoms with E-state index in [4.69, 9.17) is 23.2 Å². The second-order valence-corrected chi connectivity index (χ2v) is 9.40. The molecule has 0 aliphatic rings. The van der Waals surface area contributed by atoms with Gasteiger partial charge in [0.25, 0.3) is 0 Å². The average Bonchev–Trinajstić information content (AvgIpc) is 2.88. The Morgan fingerprint density at radius 2 is 0.778 bits per heavy atom. The van der Waals surface area contributed by atoms with Gasteiger partial charge >= 0.3 is 0 Å². The summed E-state index contributed by atoms with van der Waals surface area (Å²) < 4.78 is 0. The van der Waals surface area contributed by atoms with E-state index in [1.807, 2.05) is 0 Å². The molecule has 0 amide bonds. The van der Waals surface area contributed by atoms with Gasteiger partial charge in [-0.05, 0) is 12.1 Å². The van der Waals surface area contributed by atoms with Gasteiger partial charge in [0, 0.05) is 21.5 Å². The van der Waals surface area contributed by atoms with Crippen molar-refractivity contribution in [3.8, 4) is 0 Å². The number of aromatic nitrogens is 2. The van der Waals surface area contributed by atoms with Crippen molar-refractivity contribution in [1.29, 1.82) is 0 Å². The van der Waals surface area contributed by atoms with Crippen LogP contribution in [0.25, 0.3) is 65.2 Å². The third-order valence-electron chi connectivity index (χ3n) is 6.67. The van der Waals surface area contributed by atoms with E-state index in [0.29, 0.717) is 0 Å². The highest BCUT2D eigenvalue weighted by molar-refractivity contribution is 6.39. The Balaban J connectivity index is 1.77. The smallest absolute Gasteiger partial charge is 0.196 e. The lowest BCUT2D eigenvalue weighted by atomic mass is 9.99. The van der Waals surface area contributed by atoms with Crippen LogP contribution in [0.1, 0.15) is 0 Å². The van der Waals surface area contributed by atoms with Crippen LogP contribution >= 0.6 is 23.2 Å². The van der Waals surface area contributed by atoms with Gasteiger partial charge < -0.3 is 0 Å². The number of hydrogen-bond acceptors (Lipinski definition) is 6. The first kappa shape index (κ1) is 21.1. The molecular weight excluding hydrogens is 499 g/mol. The fourth-order valence-corrected chi connectivity index (χ4v) is 5.64. The molecule has 1 aromatic heterocycles. The van der Waals surface area contributed by atoms with E-state index in [1.165, 1.54) is 12.1 Å². The maximum absolute atomic E-state index is 13.5. The first-order valence-electron chi connectivity index (χ1n) is 10.9. The van der Waals surface area contributed by atoms with E-state index in [1.54, 1.807) is 48.5 Å². The highest BCUT2D eigenvalue weighted by Gasteiger charge is 2.21. The molecule has 170 valence electrons. The van der Waals surface area contributed by atoms with Crippen LogP contribution in [-0.4, -0.2) is 9.97 Å². The van der Waals surface area contributed by atoms with Crippen molar-refractivity contribution in [2.75, 3.05) is 0 Å². The van der Waals surface area contributed by atoms with Gasteiger partial charge in [-0.3, -0.25) is 19.2 Å². The molecule has 0 radical (unpaired) electrons. The van der Waals surface area contributed by atoms with Gasteiger partial charge in [0.2, 0.25) is 0 Å². The summed E-state index contributed by atoms with van der Waals surface area (Å²) in [5.41, 5.74) is -0.784. The topological polar surface area (TPSA) is 94.1 Å². The van der Waals surface area contributed by atoms with Crippen LogP contribution < -0.4 is 21.7 Å². The van der Waals surface area contributed by atoms with Gasteiger partial charge in [-0.15, -0.1) is 0 Å². The van der Waals surface area contributed by atoms with Crippen LogP contribution in [0, 0.1) is 0 Å². The Labute approximate surface area is 209 Å². The molecule has 36 heavy (non-hydrogen) atoms. The second kappa shape index (κ2) is 7.13. The SMILES string of the molecule is O=c1c2ccccc2c(=O)c2c1c(Cl)cc1nc3c(cc(Cl)c4c(=O)c5ccccc5c(=O)c43)nc12. The lowest BCUT2D eigenvalue weighted by Crippen LogP contribution is -2.15. The zero-order valence-corrected chi connectivity index (χ0v) is 19.6. The lowest BCUT2D eigenvalue weighted by Gasteiger charge is -2.10. The zero-order valence-electron chi connectivity index (χ0n) is 18.1. The maximum atomic E-state index is 13.5. The normalized spacial score (nSPS) is 12.1. The highest BCUT2D eigenvalue weighted by Crippen LogP contribution is 2.32. The number of fused-ring (bicyclic) bond motifs is 8. The molecule has 7 aromatic rings. The first-order valence-corrected chi connectivity index (χ1v) is 11.7. The monoisotopic (exact) mass is 508 g/mol. The van der Waals surface area contributed by atoms with Crippen molar-refractivity contribution in [2.24, 2.45) is 0 Å². The molecule has 0 fully saturated rings. The number of nitrogens with zero attached hydrogens (tertiary/aromatic N) is 2. The molecule has 0 bridgehead atoms. The summed E-state index contributed by atoms with van der Waals surface area (Å²) in [5.74, 6) is 0. The second-order valence-electron chi connectivity index (χ2n) is 8.58. The van der Waals surface area contributed by atoms with E-state index in [9.17, 15) is 19.2 Å². The summed E-state index contributed by atoms with van der Waals surface area (Å²) in [5, 5.41) is 1.37. The van der Waals surface area contributed by atoms with Crippen LogP contribution in [-0.2, 0) is 0 Å². The third-order valence-corrected chi connectivity index (χ3v) is 7.26. The van der Waals surface area contributed by atoms with Gasteiger partial charge in [0.1, 0.15) is 11.0 Å². The summed E-state index contributed by atoms with van der Waals surface area (Å²) in [6, 6.07) is 15.9. The molecule has 0 N–H and O–H groups in total. The molecule has 0 aliphatic heterocycles. The molecule has 7 rings (SSSR count). The Morgan fingerprint density at radius 1 is 0.472 bits per heavy atom. The summed E-state index contributed by atoms with van der Waals surface area (Å²) >= 11 is 13.0. The number of hydrogen-bond donors (Lipinski definition) is 0. The van der Waals surface area contributed by atoms with E-state index in [0.717, 1.165) is 0 Å². The molecule has 0 atom stereocenters. The average molecular weight is 509 g/mol. The van der Waals surface area contributed by atoms with E-state index < -0.39 is 10.9 Å². The molecule has 0 aliphatic carbocycles. The summed E-state index contributed by atoms with van der Waals surface area (Å²) in [4.78, 5) is 62.7. The number of benzene rings is 6. The van der Waals surface area contributed by atoms with Crippen LogP contribution in [0.2, 0.25) is 10.0 Å². The van der Waals surface area contributed by atoms with Gasteiger partial charge in [0.15, 0.2) is 21.7 Å². The van der Waals surface area contributed by atoms with Gasteiger partial charge in [-0.25, -0.2) is 9.97 Å². The molecule has 0 unspecified atom stereocenters. The van der Waals surface area contributed by atoms with Crippen molar-refractivity contribution in [2.45, 2.75) is 0 Å². The van der Waals surface area contributed by atoms with Crippen molar-refractivity contribution in [3.63, 3.8) is 0 Å². The minimum atomic E-state index is -0.398. The van der Waals surface area contributed by atoms with Crippen LogP contribution in [0.4, 0.5) is 0 Å². The lowest BCUT2D eigenvalue weighted by molar-refractivity contribution is 1.41. The van der Waals surface area contributed by atoms with E-state index >= 15 is 0 Å². The van der Waals surface area contributed by atoms with Gasteiger partial charge in [-0.2, -0.15) is 0 Å². The van der Waals surface area contributed by atoms with Crippen molar-refractivity contribution in [1.82, 2.24) is 9.97 Å². The Kier molecular flexibility index (Phi) is 4.17. The standard InChI is InChI=1S/C28H10Cl2N2O4/c29-15-9-17-23(21-19(15)25(33)11-5-1-3-7-13(11)27(21)35)31-18-10-16(30)20-22(24(18)32-17)28(36)14-8-4-2-6-12(14)26(20)34/h1-10H. The zero-order chi connectivity index (χ0) is 24.9. The predicted molar refractivity (Wildman–Crippen MR) is 145 cm³/mol. The molecular formula is C28H10Cl2N2O4. The Bertz CT molecular complexity index is 2210. The molecule has 6 aromatic carbocycles. The largest absolute Gasteiger partial charge is 0.289 e. The van der Waals surface area contributed by atoms with Gasteiger partial charge in [-0.1, -0.05) is 71.7 Å². The van der Waals surface area contributed by atoms with E-state index in [2.05, 4.69) is 9.97 Å². The number of rotatable bonds is 0. The van der Waals surface area contributed by atoms with Crippen LogP contribution in [0.15, 0.2) is 79.8 Å². The predicted octanol–water partition coefficient (Wildman–Crippen LogP) is 5.02. The molecule has 6 nitrogen and oxygen atoms in total. The fourth-order valence-electron chi connectivity index (χ4n) is 5.07. The molecule has 0 saturated carbocycles. The molecule has 0 spiro atoms.